The van der Waals surface area contributed by atoms with Crippen LogP contribution in [0.4, 0.5) is 0 Å². The van der Waals surface area contributed by atoms with E-state index in [4.69, 9.17) is 0 Å². The maximum atomic E-state index is 12.1. The quantitative estimate of drug-likeness (QED) is 0.890. The highest BCUT2D eigenvalue weighted by Gasteiger charge is 2.24. The summed E-state index contributed by atoms with van der Waals surface area (Å²) in [4.78, 5) is 12.1. The Labute approximate surface area is 118 Å². The van der Waals surface area contributed by atoms with Gasteiger partial charge in [0, 0.05) is 11.3 Å². The number of hydrogen-bond donors (Lipinski definition) is 2. The third-order valence-corrected chi connectivity index (χ3v) is 4.20. The molecular formula is C15H21NO2S. The summed E-state index contributed by atoms with van der Waals surface area (Å²) in [6.07, 6.45) is 5.46. The third-order valence-electron chi connectivity index (χ3n) is 3.57. The molecule has 0 heterocycles. The van der Waals surface area contributed by atoms with E-state index in [0.717, 1.165) is 31.4 Å². The molecule has 1 aromatic carbocycles. The molecule has 1 saturated carbocycles. The first-order chi connectivity index (χ1) is 9.20. The molecule has 0 spiro atoms. The van der Waals surface area contributed by atoms with Gasteiger partial charge in [0.15, 0.2) is 0 Å². The van der Waals surface area contributed by atoms with E-state index in [1.54, 1.807) is 11.8 Å². The summed E-state index contributed by atoms with van der Waals surface area (Å²) in [6, 6.07) is 7.60. The number of nitrogens with one attached hydrogen (secondary N) is 1. The van der Waals surface area contributed by atoms with Crippen molar-refractivity contribution < 1.29 is 9.90 Å². The maximum Gasteiger partial charge on any atom is 0.251 e. The molecule has 1 fully saturated rings. The fourth-order valence-corrected chi connectivity index (χ4v) is 2.98. The third kappa shape index (κ3) is 3.98. The SMILES string of the molecule is CSCc1ccc(C(=O)N[C@H]2CCCC[C@@H]2O)cc1. The molecule has 4 heteroatoms. The Bertz CT molecular complexity index is 419. The predicted octanol–water partition coefficient (Wildman–Crippen LogP) is 2.58. The molecule has 1 aliphatic carbocycles. The Hall–Kier alpha value is -1.00. The normalized spacial score (nSPS) is 23.1. The molecule has 2 atom stereocenters. The molecule has 2 rings (SSSR count). The van der Waals surface area contributed by atoms with Crippen molar-refractivity contribution in [3.8, 4) is 0 Å². The average Bonchev–Trinajstić information content (AvgIpc) is 2.42. The number of benzene rings is 1. The van der Waals surface area contributed by atoms with E-state index in [0.29, 0.717) is 5.56 Å². The molecule has 0 aromatic heterocycles. The van der Waals surface area contributed by atoms with Crippen LogP contribution in [0.15, 0.2) is 24.3 Å². The van der Waals surface area contributed by atoms with E-state index in [9.17, 15) is 9.90 Å². The molecule has 1 aliphatic rings. The van der Waals surface area contributed by atoms with Crippen LogP contribution in [0.5, 0.6) is 0 Å². The van der Waals surface area contributed by atoms with Crippen LogP contribution < -0.4 is 5.32 Å². The maximum absolute atomic E-state index is 12.1. The molecule has 0 aliphatic heterocycles. The highest BCUT2D eigenvalue weighted by Crippen LogP contribution is 2.19. The highest BCUT2D eigenvalue weighted by atomic mass is 32.2. The Balaban J connectivity index is 1.95. The molecule has 1 aromatic rings. The fourth-order valence-electron chi connectivity index (χ4n) is 2.45. The summed E-state index contributed by atoms with van der Waals surface area (Å²) in [6.45, 7) is 0. The van der Waals surface area contributed by atoms with Gasteiger partial charge in [0.2, 0.25) is 0 Å². The lowest BCUT2D eigenvalue weighted by atomic mass is 9.92. The molecule has 0 saturated heterocycles. The monoisotopic (exact) mass is 279 g/mol. The van der Waals surface area contributed by atoms with E-state index in [2.05, 4.69) is 11.6 Å². The minimum atomic E-state index is -0.395. The molecule has 0 unspecified atom stereocenters. The van der Waals surface area contributed by atoms with Gasteiger partial charge in [-0.25, -0.2) is 0 Å². The van der Waals surface area contributed by atoms with E-state index in [-0.39, 0.29) is 11.9 Å². The van der Waals surface area contributed by atoms with Gasteiger partial charge in [0.1, 0.15) is 0 Å². The zero-order valence-corrected chi connectivity index (χ0v) is 12.1. The summed E-state index contributed by atoms with van der Waals surface area (Å²) in [5.74, 6) is 0.880. The van der Waals surface area contributed by atoms with Gasteiger partial charge in [-0.1, -0.05) is 25.0 Å². The number of rotatable bonds is 4. The second-order valence-corrected chi connectivity index (χ2v) is 5.93. The van der Waals surface area contributed by atoms with Gasteiger partial charge in [-0.2, -0.15) is 11.8 Å². The van der Waals surface area contributed by atoms with E-state index >= 15 is 0 Å². The highest BCUT2D eigenvalue weighted by molar-refractivity contribution is 7.97. The minimum absolute atomic E-state index is 0.0818. The smallest absolute Gasteiger partial charge is 0.251 e. The van der Waals surface area contributed by atoms with Crippen LogP contribution in [0.2, 0.25) is 0 Å². The predicted molar refractivity (Wildman–Crippen MR) is 79.4 cm³/mol. The van der Waals surface area contributed by atoms with E-state index < -0.39 is 6.10 Å². The summed E-state index contributed by atoms with van der Waals surface area (Å²) in [5, 5.41) is 12.8. The lowest BCUT2D eigenvalue weighted by molar-refractivity contribution is 0.0717. The number of hydrogen-bond acceptors (Lipinski definition) is 3. The first kappa shape index (κ1) is 14.4. The van der Waals surface area contributed by atoms with Crippen molar-refractivity contribution in [1.82, 2.24) is 5.32 Å². The van der Waals surface area contributed by atoms with Gasteiger partial charge in [-0.05, 0) is 36.8 Å². The number of aliphatic hydroxyl groups excluding tert-OH is 1. The number of aliphatic hydroxyl groups is 1. The van der Waals surface area contributed by atoms with Gasteiger partial charge >= 0.3 is 0 Å². The molecule has 104 valence electrons. The van der Waals surface area contributed by atoms with Crippen molar-refractivity contribution in [2.24, 2.45) is 0 Å². The average molecular weight is 279 g/mol. The molecule has 19 heavy (non-hydrogen) atoms. The van der Waals surface area contributed by atoms with Crippen LogP contribution in [-0.2, 0) is 5.75 Å². The van der Waals surface area contributed by atoms with Gasteiger partial charge in [0.05, 0.1) is 12.1 Å². The number of carbonyl (C=O) groups excluding carboxylic acids is 1. The van der Waals surface area contributed by atoms with Crippen LogP contribution in [0.1, 0.15) is 41.6 Å². The number of carbonyl (C=O) groups is 1. The standard InChI is InChI=1S/C15H21NO2S/c1-19-10-11-6-8-12(9-7-11)15(18)16-13-4-2-3-5-14(13)17/h6-9,13-14,17H,2-5,10H2,1H3,(H,16,18)/t13-,14-/m0/s1. The Morgan fingerprint density at radius 1 is 1.32 bits per heavy atom. The Morgan fingerprint density at radius 2 is 2.00 bits per heavy atom. The van der Waals surface area contributed by atoms with Crippen molar-refractivity contribution >= 4 is 17.7 Å². The largest absolute Gasteiger partial charge is 0.391 e. The van der Waals surface area contributed by atoms with Crippen molar-refractivity contribution in [1.29, 1.82) is 0 Å². The van der Waals surface area contributed by atoms with Crippen LogP contribution in [0.3, 0.4) is 0 Å². The van der Waals surface area contributed by atoms with Crippen LogP contribution in [0.25, 0.3) is 0 Å². The number of thioether (sulfide) groups is 1. The summed E-state index contributed by atoms with van der Waals surface area (Å²) in [5.41, 5.74) is 1.89. The first-order valence-corrected chi connectivity index (χ1v) is 8.17. The van der Waals surface area contributed by atoms with Crippen molar-refractivity contribution in [3.05, 3.63) is 35.4 Å². The van der Waals surface area contributed by atoms with E-state index in [1.165, 1.54) is 5.56 Å². The molecule has 3 nitrogen and oxygen atoms in total. The topological polar surface area (TPSA) is 49.3 Å². The number of amides is 1. The zero-order valence-electron chi connectivity index (χ0n) is 11.3. The molecular weight excluding hydrogens is 258 g/mol. The molecule has 0 bridgehead atoms. The van der Waals surface area contributed by atoms with Crippen molar-refractivity contribution in [3.63, 3.8) is 0 Å². The first-order valence-electron chi connectivity index (χ1n) is 6.77. The minimum Gasteiger partial charge on any atom is -0.391 e. The fraction of sp³-hybridized carbons (Fsp3) is 0.533. The van der Waals surface area contributed by atoms with E-state index in [1.807, 2.05) is 24.3 Å². The Kier molecular flexibility index (Phi) is 5.28. The van der Waals surface area contributed by atoms with Crippen LogP contribution >= 0.6 is 11.8 Å². The molecule has 1 amide bonds. The van der Waals surface area contributed by atoms with Gasteiger partial charge in [0.25, 0.3) is 5.91 Å². The Morgan fingerprint density at radius 3 is 2.63 bits per heavy atom. The second kappa shape index (κ2) is 6.96. The van der Waals surface area contributed by atoms with Gasteiger partial charge in [-0.15, -0.1) is 0 Å². The summed E-state index contributed by atoms with van der Waals surface area (Å²) in [7, 11) is 0. The van der Waals surface area contributed by atoms with Crippen LogP contribution in [0, 0.1) is 0 Å². The van der Waals surface area contributed by atoms with Gasteiger partial charge in [-0.3, -0.25) is 4.79 Å². The lowest BCUT2D eigenvalue weighted by Crippen LogP contribution is -2.45. The molecule has 0 radical (unpaired) electrons. The summed E-state index contributed by atoms with van der Waals surface area (Å²) < 4.78 is 0. The van der Waals surface area contributed by atoms with Crippen LogP contribution in [-0.4, -0.2) is 29.4 Å². The second-order valence-electron chi connectivity index (χ2n) is 5.06. The lowest BCUT2D eigenvalue weighted by Gasteiger charge is -2.28. The van der Waals surface area contributed by atoms with Crippen molar-refractivity contribution in [2.45, 2.75) is 43.6 Å². The summed E-state index contributed by atoms with van der Waals surface area (Å²) >= 11 is 1.76. The zero-order chi connectivity index (χ0) is 13.7. The van der Waals surface area contributed by atoms with Gasteiger partial charge < -0.3 is 10.4 Å². The molecule has 2 N–H and O–H groups in total. The van der Waals surface area contributed by atoms with Crippen molar-refractivity contribution in [2.75, 3.05) is 6.26 Å².